The summed E-state index contributed by atoms with van der Waals surface area (Å²) in [6.07, 6.45) is 1.40. The molecule has 6 rings (SSSR count). The van der Waals surface area contributed by atoms with Crippen LogP contribution in [0, 0.1) is 0 Å². The van der Waals surface area contributed by atoms with E-state index >= 15 is 0 Å². The Labute approximate surface area is 274 Å². The summed E-state index contributed by atoms with van der Waals surface area (Å²) in [7, 11) is 1.51. The minimum absolute atomic E-state index is 0.191. The topological polar surface area (TPSA) is 94.2 Å². The quantitative estimate of drug-likeness (QED) is 0.128. The number of carbonyl (C=O) groups is 3. The average molecular weight is 654 g/mol. The van der Waals surface area contributed by atoms with Gasteiger partial charge < -0.3 is 14.2 Å². The van der Waals surface area contributed by atoms with Crippen LogP contribution >= 0.6 is 23.2 Å². The standard InChI is InChI=1S/C36H26Cl2N2O6/c1-44-33-18-22(9-16-32(33)46-20-24-7-4-6-23-5-2-3-8-29(23)24)17-30-34(41)39-36(43)40(35(30)42)27-12-14-28(15-13-27)45-21-25-10-11-26(37)19-31(25)38/h2-19H,20-21H2,1H3,(H,39,41,43)/b30-17+. The predicted octanol–water partition coefficient (Wildman–Crippen LogP) is 7.98. The molecule has 230 valence electrons. The lowest BCUT2D eigenvalue weighted by Gasteiger charge is -2.26. The summed E-state index contributed by atoms with van der Waals surface area (Å²) in [4.78, 5) is 39.9. The van der Waals surface area contributed by atoms with Crippen molar-refractivity contribution >= 4 is 63.6 Å². The Kier molecular flexibility index (Phi) is 8.92. The van der Waals surface area contributed by atoms with Gasteiger partial charge in [-0.2, -0.15) is 0 Å². The molecule has 0 bridgehead atoms. The van der Waals surface area contributed by atoms with Crippen molar-refractivity contribution in [3.05, 3.63) is 135 Å². The molecule has 1 saturated heterocycles. The SMILES string of the molecule is COc1cc(/C=C2\C(=O)NC(=O)N(c3ccc(OCc4ccc(Cl)cc4Cl)cc3)C2=O)ccc1OCc1cccc2ccccc12. The number of hydrogen-bond donors (Lipinski definition) is 1. The van der Waals surface area contributed by atoms with Crippen LogP contribution < -0.4 is 24.4 Å². The van der Waals surface area contributed by atoms with Gasteiger partial charge in [0.1, 0.15) is 24.5 Å². The van der Waals surface area contributed by atoms with Crippen molar-refractivity contribution in [3.63, 3.8) is 0 Å². The Morgan fingerprint density at radius 2 is 1.52 bits per heavy atom. The van der Waals surface area contributed by atoms with E-state index in [0.717, 1.165) is 26.8 Å². The lowest BCUT2D eigenvalue weighted by Crippen LogP contribution is -2.54. The number of carbonyl (C=O) groups excluding carboxylic acids is 3. The van der Waals surface area contributed by atoms with Gasteiger partial charge in [0.05, 0.1) is 12.8 Å². The Balaban J connectivity index is 1.17. The first-order valence-corrected chi connectivity index (χ1v) is 14.9. The van der Waals surface area contributed by atoms with E-state index in [4.69, 9.17) is 37.4 Å². The Morgan fingerprint density at radius 3 is 2.30 bits per heavy atom. The number of urea groups is 1. The number of ether oxygens (including phenoxy) is 3. The molecular weight excluding hydrogens is 627 g/mol. The molecule has 5 aromatic carbocycles. The summed E-state index contributed by atoms with van der Waals surface area (Å²) in [6.45, 7) is 0.505. The highest BCUT2D eigenvalue weighted by molar-refractivity contribution is 6.39. The summed E-state index contributed by atoms with van der Waals surface area (Å²) in [5, 5.41) is 5.45. The largest absolute Gasteiger partial charge is 0.493 e. The first kappa shape index (κ1) is 30.7. The molecule has 8 nitrogen and oxygen atoms in total. The molecule has 0 unspecified atom stereocenters. The Hall–Kier alpha value is -5.31. The van der Waals surface area contributed by atoms with Crippen LogP contribution in [0.15, 0.2) is 109 Å². The van der Waals surface area contributed by atoms with Crippen molar-refractivity contribution in [3.8, 4) is 17.2 Å². The third-order valence-electron chi connectivity index (χ3n) is 7.37. The van der Waals surface area contributed by atoms with E-state index < -0.39 is 17.8 Å². The molecule has 1 aliphatic rings. The summed E-state index contributed by atoms with van der Waals surface area (Å²) in [6, 6.07) is 29.7. The monoisotopic (exact) mass is 652 g/mol. The number of amides is 4. The van der Waals surface area contributed by atoms with Crippen LogP contribution in [0.1, 0.15) is 16.7 Å². The van der Waals surface area contributed by atoms with Crippen LogP contribution in [0.2, 0.25) is 10.0 Å². The molecule has 0 radical (unpaired) electrons. The van der Waals surface area contributed by atoms with Gasteiger partial charge in [0.2, 0.25) is 0 Å². The highest BCUT2D eigenvalue weighted by Gasteiger charge is 2.36. The minimum Gasteiger partial charge on any atom is -0.493 e. The number of rotatable bonds is 9. The zero-order valence-corrected chi connectivity index (χ0v) is 26.0. The first-order chi connectivity index (χ1) is 22.3. The van der Waals surface area contributed by atoms with Crippen LogP contribution in [0.5, 0.6) is 17.2 Å². The number of imide groups is 2. The zero-order valence-electron chi connectivity index (χ0n) is 24.5. The molecule has 0 spiro atoms. The fourth-order valence-corrected chi connectivity index (χ4v) is 5.48. The number of nitrogens with zero attached hydrogens (tertiary/aromatic N) is 1. The summed E-state index contributed by atoms with van der Waals surface area (Å²) in [5.41, 5.74) is 2.31. The van der Waals surface area contributed by atoms with Crippen LogP contribution in [0.25, 0.3) is 16.8 Å². The molecule has 1 fully saturated rings. The second-order valence-electron chi connectivity index (χ2n) is 10.3. The van der Waals surface area contributed by atoms with Crippen molar-refractivity contribution in [2.75, 3.05) is 12.0 Å². The maximum absolute atomic E-state index is 13.5. The first-order valence-electron chi connectivity index (χ1n) is 14.2. The number of halogens is 2. The molecule has 1 N–H and O–H groups in total. The van der Waals surface area contributed by atoms with Gasteiger partial charge in [-0.3, -0.25) is 14.9 Å². The van der Waals surface area contributed by atoms with Gasteiger partial charge in [-0.25, -0.2) is 9.69 Å². The van der Waals surface area contributed by atoms with Gasteiger partial charge in [0, 0.05) is 15.6 Å². The second-order valence-corrected chi connectivity index (χ2v) is 11.2. The lowest BCUT2D eigenvalue weighted by atomic mass is 10.1. The Morgan fingerprint density at radius 1 is 0.761 bits per heavy atom. The van der Waals surface area contributed by atoms with Gasteiger partial charge in [-0.15, -0.1) is 0 Å². The maximum Gasteiger partial charge on any atom is 0.335 e. The van der Waals surface area contributed by atoms with Crippen molar-refractivity contribution in [2.45, 2.75) is 13.2 Å². The van der Waals surface area contributed by atoms with E-state index in [1.807, 2.05) is 42.5 Å². The smallest absolute Gasteiger partial charge is 0.335 e. The average Bonchev–Trinajstić information content (AvgIpc) is 3.06. The maximum atomic E-state index is 13.5. The minimum atomic E-state index is -0.858. The molecule has 0 aromatic heterocycles. The molecule has 46 heavy (non-hydrogen) atoms. The normalized spacial score (nSPS) is 14.0. The van der Waals surface area contributed by atoms with Gasteiger partial charge >= 0.3 is 6.03 Å². The molecule has 0 aliphatic carbocycles. The summed E-state index contributed by atoms with van der Waals surface area (Å²) >= 11 is 12.2. The molecule has 4 amide bonds. The van der Waals surface area contributed by atoms with Gasteiger partial charge in [0.15, 0.2) is 11.5 Å². The van der Waals surface area contributed by atoms with Crippen LogP contribution in [-0.4, -0.2) is 25.0 Å². The fourth-order valence-electron chi connectivity index (χ4n) is 5.02. The third kappa shape index (κ3) is 6.54. The van der Waals surface area contributed by atoms with Crippen LogP contribution in [0.4, 0.5) is 10.5 Å². The number of nitrogens with one attached hydrogen (secondary N) is 1. The predicted molar refractivity (Wildman–Crippen MR) is 178 cm³/mol. The molecule has 1 heterocycles. The van der Waals surface area contributed by atoms with Crippen LogP contribution in [0.3, 0.4) is 0 Å². The van der Waals surface area contributed by atoms with Crippen LogP contribution in [-0.2, 0) is 22.8 Å². The van der Waals surface area contributed by atoms with E-state index in [-0.39, 0.29) is 17.9 Å². The van der Waals surface area contributed by atoms with Crippen molar-refractivity contribution in [2.24, 2.45) is 0 Å². The molecule has 0 atom stereocenters. The highest BCUT2D eigenvalue weighted by Crippen LogP contribution is 2.32. The van der Waals surface area contributed by atoms with E-state index in [9.17, 15) is 14.4 Å². The molecule has 5 aromatic rings. The molecular formula is C36H26Cl2N2O6. The number of methoxy groups -OCH3 is 1. The van der Waals surface area contributed by atoms with E-state index in [2.05, 4.69) is 5.32 Å². The number of hydrogen-bond acceptors (Lipinski definition) is 6. The lowest BCUT2D eigenvalue weighted by molar-refractivity contribution is -0.122. The number of barbiturate groups is 1. The van der Waals surface area contributed by atoms with Gasteiger partial charge in [-0.1, -0.05) is 77.8 Å². The summed E-state index contributed by atoms with van der Waals surface area (Å²) < 4.78 is 17.4. The second kappa shape index (κ2) is 13.4. The third-order valence-corrected chi connectivity index (χ3v) is 7.95. The highest BCUT2D eigenvalue weighted by atomic mass is 35.5. The van der Waals surface area contributed by atoms with E-state index in [1.54, 1.807) is 60.7 Å². The van der Waals surface area contributed by atoms with Gasteiger partial charge in [-0.05, 0) is 76.5 Å². The number of fused-ring (bicyclic) bond motifs is 1. The van der Waals surface area contributed by atoms with Gasteiger partial charge in [0.25, 0.3) is 11.8 Å². The number of benzene rings is 5. The Bertz CT molecular complexity index is 2000. The molecule has 1 aliphatic heterocycles. The van der Waals surface area contributed by atoms with E-state index in [1.165, 1.54) is 13.2 Å². The summed E-state index contributed by atoms with van der Waals surface area (Å²) in [5.74, 6) is -0.177. The fraction of sp³-hybridized carbons (Fsp3) is 0.0833. The van der Waals surface area contributed by atoms with Crippen molar-refractivity contribution in [1.29, 1.82) is 0 Å². The number of anilines is 1. The van der Waals surface area contributed by atoms with Crippen molar-refractivity contribution in [1.82, 2.24) is 5.32 Å². The molecule has 10 heteroatoms. The molecule has 0 saturated carbocycles. The van der Waals surface area contributed by atoms with E-state index in [0.29, 0.717) is 39.5 Å². The zero-order chi connectivity index (χ0) is 32.2. The van der Waals surface area contributed by atoms with Crippen molar-refractivity contribution < 1.29 is 28.6 Å².